The Balaban J connectivity index is 2.30. The van der Waals surface area contributed by atoms with Crippen molar-refractivity contribution < 1.29 is 4.74 Å². The Morgan fingerprint density at radius 3 is 1.41 bits per heavy atom. The molecule has 0 aliphatic rings. The third-order valence-electron chi connectivity index (χ3n) is 6.35. The van der Waals surface area contributed by atoms with Crippen molar-refractivity contribution in [2.24, 2.45) is 0 Å². The van der Waals surface area contributed by atoms with E-state index in [9.17, 15) is 0 Å². The van der Waals surface area contributed by atoms with Crippen LogP contribution in [0.25, 0.3) is 0 Å². The Bertz CT molecular complexity index is 1010. The average molecular weight is 501 g/mol. The summed E-state index contributed by atoms with van der Waals surface area (Å²) in [4.78, 5) is 9.69. The van der Waals surface area contributed by atoms with Gasteiger partial charge in [0.2, 0.25) is 0 Å². The number of ether oxygens (including phenoxy) is 1. The topological polar surface area (TPSA) is 35.0 Å². The number of hydrogen-bond acceptors (Lipinski definition) is 3. The lowest BCUT2D eigenvalue weighted by atomic mass is 10.0. The van der Waals surface area contributed by atoms with Crippen molar-refractivity contribution in [3.8, 4) is 0 Å². The number of allylic oxidation sites excluding steroid dienone is 6. The Morgan fingerprint density at radius 2 is 1.05 bits per heavy atom. The fraction of sp³-hybridized carbons (Fsp3) is 0.471. The molecule has 2 aromatic heterocycles. The summed E-state index contributed by atoms with van der Waals surface area (Å²) >= 11 is 0. The summed E-state index contributed by atoms with van der Waals surface area (Å²) in [6.07, 6.45) is 14.9. The summed E-state index contributed by atoms with van der Waals surface area (Å²) in [7, 11) is 0. The molecular formula is C34H48N2O. The van der Waals surface area contributed by atoms with E-state index in [0.717, 1.165) is 61.3 Å². The molecule has 3 nitrogen and oxygen atoms in total. The maximum atomic E-state index is 6.88. The molecule has 0 aliphatic heterocycles. The fourth-order valence-corrected chi connectivity index (χ4v) is 4.17. The normalized spacial score (nSPS) is 13.7. The minimum atomic E-state index is -0.134. The van der Waals surface area contributed by atoms with Gasteiger partial charge in [-0.2, -0.15) is 0 Å². The molecule has 0 saturated carbocycles. The van der Waals surface area contributed by atoms with Gasteiger partial charge in [0.05, 0.1) is 11.4 Å². The molecule has 200 valence electrons. The van der Waals surface area contributed by atoms with Gasteiger partial charge in [0.15, 0.2) is 0 Å². The van der Waals surface area contributed by atoms with Gasteiger partial charge in [-0.25, -0.2) is 0 Å². The van der Waals surface area contributed by atoms with Crippen molar-refractivity contribution in [2.75, 3.05) is 0 Å². The Kier molecular flexibility index (Phi) is 13.3. The lowest BCUT2D eigenvalue weighted by Crippen LogP contribution is -2.13. The van der Waals surface area contributed by atoms with Crippen LogP contribution >= 0.6 is 0 Å². The maximum absolute atomic E-state index is 6.88. The van der Waals surface area contributed by atoms with Gasteiger partial charge in [-0.3, -0.25) is 9.97 Å². The van der Waals surface area contributed by atoms with Gasteiger partial charge < -0.3 is 4.74 Å². The van der Waals surface area contributed by atoms with Gasteiger partial charge in [0.1, 0.15) is 12.2 Å². The summed E-state index contributed by atoms with van der Waals surface area (Å²) in [5, 5.41) is 0. The molecule has 3 heteroatoms. The highest BCUT2D eigenvalue weighted by atomic mass is 16.5. The second-order valence-electron chi connectivity index (χ2n) is 10.7. The molecule has 0 fully saturated rings. The summed E-state index contributed by atoms with van der Waals surface area (Å²) in [5.41, 5.74) is 9.50. The van der Waals surface area contributed by atoms with E-state index in [1.165, 1.54) is 22.3 Å². The van der Waals surface area contributed by atoms with Crippen LogP contribution in [0.1, 0.15) is 115 Å². The first kappa shape index (κ1) is 30.4. The smallest absolute Gasteiger partial charge is 0.104 e. The van der Waals surface area contributed by atoms with Crippen molar-refractivity contribution in [3.63, 3.8) is 0 Å². The quantitative estimate of drug-likeness (QED) is 0.242. The number of pyridine rings is 2. The molecular weight excluding hydrogens is 452 g/mol. The molecule has 2 aromatic rings. The molecule has 0 bridgehead atoms. The van der Waals surface area contributed by atoms with Gasteiger partial charge in [-0.05, 0) is 118 Å². The molecule has 0 aromatic carbocycles. The van der Waals surface area contributed by atoms with Crippen molar-refractivity contribution in [3.05, 3.63) is 106 Å². The van der Waals surface area contributed by atoms with Crippen LogP contribution in [0.15, 0.2) is 83.0 Å². The fourth-order valence-electron chi connectivity index (χ4n) is 4.17. The van der Waals surface area contributed by atoms with E-state index in [-0.39, 0.29) is 12.2 Å². The standard InChI is InChI=1S/C34H48N2O/c1-25(2)13-9-15-27(5)21-23-33(31-19-11-17-29(7)35-31)37-34(32-20-12-18-30(8)36-32)24-22-28(6)16-10-14-26(3)4/h11-14,17-22,33-34H,9-10,15-16,23-24H2,1-8H3. The van der Waals surface area contributed by atoms with E-state index in [4.69, 9.17) is 14.7 Å². The SMILES string of the molecule is CC(C)=CCCC(C)=CCC(OC(CC=C(C)CCC=C(C)C)c1cccc(C)n1)c1cccc(C)n1. The average Bonchev–Trinajstić information content (AvgIpc) is 2.83. The zero-order valence-electron chi connectivity index (χ0n) is 24.5. The van der Waals surface area contributed by atoms with E-state index in [2.05, 4.69) is 90.1 Å². The Hall–Kier alpha value is -2.78. The Morgan fingerprint density at radius 1 is 0.649 bits per heavy atom. The second-order valence-corrected chi connectivity index (χ2v) is 10.7. The first-order valence-corrected chi connectivity index (χ1v) is 13.7. The van der Waals surface area contributed by atoms with E-state index in [1.54, 1.807) is 0 Å². The molecule has 2 unspecified atom stereocenters. The number of rotatable bonds is 14. The van der Waals surface area contributed by atoms with E-state index < -0.39 is 0 Å². The van der Waals surface area contributed by atoms with Crippen molar-refractivity contribution in [2.45, 2.75) is 106 Å². The highest BCUT2D eigenvalue weighted by Crippen LogP contribution is 2.32. The first-order chi connectivity index (χ1) is 17.6. The number of hydrogen-bond donors (Lipinski definition) is 0. The first-order valence-electron chi connectivity index (χ1n) is 13.7. The molecule has 2 atom stereocenters. The van der Waals surface area contributed by atoms with E-state index >= 15 is 0 Å². The van der Waals surface area contributed by atoms with E-state index in [0.29, 0.717) is 0 Å². The summed E-state index contributed by atoms with van der Waals surface area (Å²) in [5.74, 6) is 0. The predicted molar refractivity (Wildman–Crippen MR) is 159 cm³/mol. The number of nitrogens with zero attached hydrogens (tertiary/aromatic N) is 2. The van der Waals surface area contributed by atoms with Crippen molar-refractivity contribution >= 4 is 0 Å². The highest BCUT2D eigenvalue weighted by molar-refractivity contribution is 5.17. The molecule has 0 amide bonds. The number of aryl methyl sites for hydroxylation is 2. The van der Waals surface area contributed by atoms with Crippen LogP contribution in [0.5, 0.6) is 0 Å². The summed E-state index contributed by atoms with van der Waals surface area (Å²) in [6.45, 7) is 17.1. The minimum absolute atomic E-state index is 0.134. The minimum Gasteiger partial charge on any atom is -0.362 e. The van der Waals surface area contributed by atoms with Crippen LogP contribution in [-0.2, 0) is 4.74 Å². The third-order valence-corrected chi connectivity index (χ3v) is 6.35. The van der Waals surface area contributed by atoms with Gasteiger partial charge in [-0.15, -0.1) is 0 Å². The molecule has 0 aliphatic carbocycles. The lowest BCUT2D eigenvalue weighted by molar-refractivity contribution is -0.0168. The zero-order valence-corrected chi connectivity index (χ0v) is 24.5. The Labute approximate surface area is 226 Å². The third kappa shape index (κ3) is 12.3. The predicted octanol–water partition coefficient (Wildman–Crippen LogP) is 10.1. The van der Waals surface area contributed by atoms with Crippen molar-refractivity contribution in [1.29, 1.82) is 0 Å². The lowest BCUT2D eigenvalue weighted by Gasteiger charge is -2.24. The molecule has 2 heterocycles. The highest BCUT2D eigenvalue weighted by Gasteiger charge is 2.21. The molecule has 0 saturated heterocycles. The summed E-state index contributed by atoms with van der Waals surface area (Å²) in [6, 6.07) is 12.4. The largest absolute Gasteiger partial charge is 0.362 e. The molecule has 0 spiro atoms. The van der Waals surface area contributed by atoms with Crippen LogP contribution in [0.3, 0.4) is 0 Å². The molecule has 37 heavy (non-hydrogen) atoms. The zero-order chi connectivity index (χ0) is 27.2. The van der Waals surface area contributed by atoms with Gasteiger partial charge in [-0.1, -0.05) is 58.7 Å². The van der Waals surface area contributed by atoms with Crippen LogP contribution in [0.2, 0.25) is 0 Å². The summed E-state index contributed by atoms with van der Waals surface area (Å²) < 4.78 is 6.88. The number of aromatic nitrogens is 2. The van der Waals surface area contributed by atoms with Crippen LogP contribution in [0.4, 0.5) is 0 Å². The van der Waals surface area contributed by atoms with Gasteiger partial charge in [0.25, 0.3) is 0 Å². The van der Waals surface area contributed by atoms with Crippen LogP contribution in [-0.4, -0.2) is 9.97 Å². The van der Waals surface area contributed by atoms with Crippen LogP contribution < -0.4 is 0 Å². The van der Waals surface area contributed by atoms with Gasteiger partial charge in [0, 0.05) is 11.4 Å². The second kappa shape index (κ2) is 16.1. The van der Waals surface area contributed by atoms with Gasteiger partial charge >= 0.3 is 0 Å². The van der Waals surface area contributed by atoms with Crippen LogP contribution in [0, 0.1) is 13.8 Å². The molecule has 0 N–H and O–H groups in total. The molecule has 0 radical (unpaired) electrons. The van der Waals surface area contributed by atoms with Crippen molar-refractivity contribution in [1.82, 2.24) is 9.97 Å². The van der Waals surface area contributed by atoms with E-state index in [1.807, 2.05) is 26.0 Å². The monoisotopic (exact) mass is 500 g/mol. The maximum Gasteiger partial charge on any atom is 0.104 e. The molecule has 2 rings (SSSR count).